The molecule has 1 aromatic heterocycles. The number of nitrogens with zero attached hydrogens (tertiary/aromatic N) is 2. The van der Waals surface area contributed by atoms with Gasteiger partial charge in [0.1, 0.15) is 6.33 Å². The molecule has 0 bridgehead atoms. The van der Waals surface area contributed by atoms with E-state index in [0.717, 1.165) is 5.88 Å². The SMILES string of the molecule is CC(C)Oc1ncnc(C2CC2)c1C(C)(C)C. The highest BCUT2D eigenvalue weighted by Crippen LogP contribution is 2.45. The summed E-state index contributed by atoms with van der Waals surface area (Å²) in [5.74, 6) is 1.39. The minimum absolute atomic E-state index is 0.0312. The molecule has 0 atom stereocenters. The van der Waals surface area contributed by atoms with Gasteiger partial charge in [0.2, 0.25) is 5.88 Å². The lowest BCUT2D eigenvalue weighted by Crippen LogP contribution is -2.20. The fraction of sp³-hybridized carbons (Fsp3) is 0.714. The van der Waals surface area contributed by atoms with Crippen LogP contribution in [0.5, 0.6) is 5.88 Å². The first kappa shape index (κ1) is 12.3. The van der Waals surface area contributed by atoms with Crippen LogP contribution >= 0.6 is 0 Å². The van der Waals surface area contributed by atoms with Crippen molar-refractivity contribution in [2.75, 3.05) is 0 Å². The minimum Gasteiger partial charge on any atom is -0.475 e. The smallest absolute Gasteiger partial charge is 0.220 e. The van der Waals surface area contributed by atoms with Gasteiger partial charge in [-0.25, -0.2) is 9.97 Å². The highest BCUT2D eigenvalue weighted by Gasteiger charge is 2.34. The lowest BCUT2D eigenvalue weighted by Gasteiger charge is -2.25. The molecule has 0 N–H and O–H groups in total. The Morgan fingerprint density at radius 2 is 1.88 bits per heavy atom. The third-order valence-corrected chi connectivity index (χ3v) is 2.90. The maximum Gasteiger partial charge on any atom is 0.220 e. The summed E-state index contributed by atoms with van der Waals surface area (Å²) >= 11 is 0. The van der Waals surface area contributed by atoms with Crippen LogP contribution in [0.4, 0.5) is 0 Å². The van der Waals surface area contributed by atoms with Crippen LogP contribution in [0.2, 0.25) is 0 Å². The molecule has 0 spiro atoms. The van der Waals surface area contributed by atoms with E-state index in [-0.39, 0.29) is 11.5 Å². The van der Waals surface area contributed by atoms with Crippen molar-refractivity contribution in [1.82, 2.24) is 9.97 Å². The van der Waals surface area contributed by atoms with Gasteiger partial charge in [0.25, 0.3) is 0 Å². The van der Waals surface area contributed by atoms with Crippen LogP contribution in [-0.2, 0) is 5.41 Å². The monoisotopic (exact) mass is 234 g/mol. The van der Waals surface area contributed by atoms with Crippen molar-refractivity contribution in [3.05, 3.63) is 17.6 Å². The predicted octanol–water partition coefficient (Wildman–Crippen LogP) is 3.44. The van der Waals surface area contributed by atoms with Gasteiger partial charge in [0.05, 0.1) is 11.8 Å². The van der Waals surface area contributed by atoms with Crippen LogP contribution in [0.3, 0.4) is 0 Å². The van der Waals surface area contributed by atoms with Crippen molar-refractivity contribution < 1.29 is 4.74 Å². The Hall–Kier alpha value is -1.12. The zero-order chi connectivity index (χ0) is 12.6. The van der Waals surface area contributed by atoms with Gasteiger partial charge < -0.3 is 4.74 Å². The van der Waals surface area contributed by atoms with Gasteiger partial charge in [-0.15, -0.1) is 0 Å². The van der Waals surface area contributed by atoms with Gasteiger partial charge in [-0.2, -0.15) is 0 Å². The lowest BCUT2D eigenvalue weighted by atomic mass is 9.85. The average molecular weight is 234 g/mol. The summed E-state index contributed by atoms with van der Waals surface area (Å²) in [5, 5.41) is 0. The fourth-order valence-electron chi connectivity index (χ4n) is 2.07. The molecule has 94 valence electrons. The zero-order valence-corrected chi connectivity index (χ0v) is 11.4. The topological polar surface area (TPSA) is 35.0 Å². The normalized spacial score (nSPS) is 16.4. The molecule has 3 nitrogen and oxygen atoms in total. The van der Waals surface area contributed by atoms with Crippen LogP contribution in [-0.4, -0.2) is 16.1 Å². The van der Waals surface area contributed by atoms with E-state index in [9.17, 15) is 0 Å². The fourth-order valence-corrected chi connectivity index (χ4v) is 2.07. The van der Waals surface area contributed by atoms with E-state index >= 15 is 0 Å². The number of hydrogen-bond acceptors (Lipinski definition) is 3. The van der Waals surface area contributed by atoms with E-state index in [0.29, 0.717) is 5.92 Å². The second kappa shape index (κ2) is 4.28. The maximum absolute atomic E-state index is 5.84. The van der Waals surface area contributed by atoms with Crippen LogP contribution < -0.4 is 4.74 Å². The van der Waals surface area contributed by atoms with Crippen molar-refractivity contribution in [2.24, 2.45) is 0 Å². The van der Waals surface area contributed by atoms with Crippen LogP contribution in [0.25, 0.3) is 0 Å². The van der Waals surface area contributed by atoms with E-state index in [1.54, 1.807) is 6.33 Å². The Morgan fingerprint density at radius 3 is 2.35 bits per heavy atom. The Labute approximate surface area is 104 Å². The summed E-state index contributed by atoms with van der Waals surface area (Å²) in [6, 6.07) is 0. The van der Waals surface area contributed by atoms with Gasteiger partial charge >= 0.3 is 0 Å². The van der Waals surface area contributed by atoms with Crippen LogP contribution in [0.1, 0.15) is 64.6 Å². The number of hydrogen-bond donors (Lipinski definition) is 0. The number of rotatable bonds is 3. The van der Waals surface area contributed by atoms with E-state index in [1.807, 2.05) is 13.8 Å². The molecular formula is C14H22N2O. The van der Waals surface area contributed by atoms with Gasteiger partial charge in [-0.05, 0) is 32.1 Å². The van der Waals surface area contributed by atoms with E-state index in [4.69, 9.17) is 4.74 Å². The van der Waals surface area contributed by atoms with Crippen molar-refractivity contribution in [3.63, 3.8) is 0 Å². The predicted molar refractivity (Wildman–Crippen MR) is 68.5 cm³/mol. The number of aromatic nitrogens is 2. The van der Waals surface area contributed by atoms with Crippen LogP contribution in [0.15, 0.2) is 6.33 Å². The lowest BCUT2D eigenvalue weighted by molar-refractivity contribution is 0.225. The van der Waals surface area contributed by atoms with E-state index in [2.05, 4.69) is 30.7 Å². The summed E-state index contributed by atoms with van der Waals surface area (Å²) in [7, 11) is 0. The molecule has 0 amide bonds. The molecule has 0 aromatic carbocycles. The molecule has 17 heavy (non-hydrogen) atoms. The van der Waals surface area contributed by atoms with E-state index < -0.39 is 0 Å². The third-order valence-electron chi connectivity index (χ3n) is 2.90. The molecule has 0 aliphatic heterocycles. The zero-order valence-electron chi connectivity index (χ0n) is 11.4. The summed E-state index contributed by atoms with van der Waals surface area (Å²) < 4.78 is 5.84. The molecule has 3 heteroatoms. The maximum atomic E-state index is 5.84. The highest BCUT2D eigenvalue weighted by molar-refractivity contribution is 5.39. The third kappa shape index (κ3) is 2.76. The molecule has 1 aliphatic carbocycles. The standard InChI is InChI=1S/C14H22N2O/c1-9(2)17-13-11(14(3,4)5)12(10-6-7-10)15-8-16-13/h8-10H,6-7H2,1-5H3. The highest BCUT2D eigenvalue weighted by atomic mass is 16.5. The van der Waals surface area contributed by atoms with Gasteiger partial charge in [-0.1, -0.05) is 20.8 Å². The molecule has 0 unspecified atom stereocenters. The summed E-state index contributed by atoms with van der Waals surface area (Å²) in [6.45, 7) is 10.7. The Bertz CT molecular complexity index is 403. The molecule has 0 radical (unpaired) electrons. The van der Waals surface area contributed by atoms with Crippen LogP contribution in [0, 0.1) is 0 Å². The van der Waals surface area contributed by atoms with Gasteiger partial charge in [-0.3, -0.25) is 0 Å². The first-order valence-corrected chi connectivity index (χ1v) is 6.41. The van der Waals surface area contributed by atoms with Crippen molar-refractivity contribution >= 4 is 0 Å². The second-order valence-corrected chi connectivity index (χ2v) is 6.13. The molecule has 0 saturated heterocycles. The minimum atomic E-state index is 0.0312. The van der Waals surface area contributed by atoms with Gasteiger partial charge in [0, 0.05) is 11.5 Å². The van der Waals surface area contributed by atoms with E-state index in [1.165, 1.54) is 24.1 Å². The molecule has 1 aliphatic rings. The Kier molecular flexibility index (Phi) is 3.11. The molecule has 1 aromatic rings. The Morgan fingerprint density at radius 1 is 1.24 bits per heavy atom. The first-order chi connectivity index (χ1) is 7.89. The average Bonchev–Trinajstić information content (AvgIpc) is 2.97. The molecule has 2 rings (SSSR count). The first-order valence-electron chi connectivity index (χ1n) is 6.41. The molecule has 1 fully saturated rings. The van der Waals surface area contributed by atoms with Crippen molar-refractivity contribution in [3.8, 4) is 5.88 Å². The number of ether oxygens (including phenoxy) is 1. The summed E-state index contributed by atoms with van der Waals surface area (Å²) in [4.78, 5) is 8.81. The summed E-state index contributed by atoms with van der Waals surface area (Å²) in [6.07, 6.45) is 4.29. The molecular weight excluding hydrogens is 212 g/mol. The molecule has 1 heterocycles. The molecule has 1 saturated carbocycles. The quantitative estimate of drug-likeness (QED) is 0.803. The van der Waals surface area contributed by atoms with Crippen molar-refractivity contribution in [2.45, 2.75) is 64.9 Å². The summed E-state index contributed by atoms with van der Waals surface area (Å²) in [5.41, 5.74) is 2.42. The second-order valence-electron chi connectivity index (χ2n) is 6.13. The Balaban J connectivity index is 2.47. The van der Waals surface area contributed by atoms with Gasteiger partial charge in [0.15, 0.2) is 0 Å². The van der Waals surface area contributed by atoms with Crippen molar-refractivity contribution in [1.29, 1.82) is 0 Å². The largest absolute Gasteiger partial charge is 0.475 e.